The van der Waals surface area contributed by atoms with Gasteiger partial charge in [-0.15, -0.1) is 0 Å². The minimum Gasteiger partial charge on any atom is -0.485 e. The molecule has 370 valence electrons. The van der Waals surface area contributed by atoms with Crippen LogP contribution < -0.4 is 46.2 Å². The van der Waals surface area contributed by atoms with E-state index in [-0.39, 0.29) is 54.6 Å². The molecule has 17 heteroatoms. The number of nitrogens with two attached hydrogens (primary N) is 1. The van der Waals surface area contributed by atoms with Gasteiger partial charge in [-0.25, -0.2) is 4.98 Å². The molecule has 2 fully saturated rings. The number of aromatic nitrogens is 2. The summed E-state index contributed by atoms with van der Waals surface area (Å²) in [6, 6.07) is 41.4. The maximum atomic E-state index is 12.5. The highest BCUT2D eigenvalue weighted by Crippen LogP contribution is 2.38. The molecule has 0 saturated carbocycles. The fourth-order valence-electron chi connectivity index (χ4n) is 8.02. The van der Waals surface area contributed by atoms with Crippen LogP contribution in [-0.2, 0) is 28.2 Å². The lowest BCUT2D eigenvalue weighted by molar-refractivity contribution is -0.125. The van der Waals surface area contributed by atoms with Crippen LogP contribution in [0.1, 0.15) is 55.4 Å². The average Bonchev–Trinajstić information content (AvgIpc) is 4.01. The molecular weight excluding hydrogens is 912 g/mol. The number of anilines is 3. The molecule has 0 aliphatic carbocycles. The summed E-state index contributed by atoms with van der Waals surface area (Å²) in [5, 5.41) is 6.82. The maximum Gasteiger partial charge on any atom is 0.494 e. The van der Waals surface area contributed by atoms with E-state index in [2.05, 4.69) is 20.6 Å². The van der Waals surface area contributed by atoms with Gasteiger partial charge in [0.15, 0.2) is 23.0 Å². The Kier molecular flexibility index (Phi) is 13.8. The summed E-state index contributed by atoms with van der Waals surface area (Å²) in [6.45, 7) is 16.6. The number of ether oxygens (including phenoxy) is 4. The smallest absolute Gasteiger partial charge is 0.485 e. The maximum absolute atomic E-state index is 12.5. The van der Waals surface area contributed by atoms with Crippen molar-refractivity contribution >= 4 is 65.1 Å². The number of nitrogens with zero attached hydrogens (tertiary/aromatic N) is 1. The molecule has 4 aliphatic rings. The third-order valence-electron chi connectivity index (χ3n) is 13.7. The van der Waals surface area contributed by atoms with Gasteiger partial charge in [0.1, 0.15) is 18.9 Å². The third-order valence-corrected chi connectivity index (χ3v) is 13.7. The SMILES string of the molecule is CC1(C)OB(c2ccc(N)cc2)OC1(C)C.CC1(C)OB(c2ccc(NC(=O)C3COc4ccccc4O3)cc2)OC1(C)C.O=C(Nc1ccc(-c2ccnc3[nH]ccc23)cc1)C1COc2ccccc2O1. The number of H-pyrrole nitrogens is 1. The van der Waals surface area contributed by atoms with Crippen LogP contribution in [-0.4, -0.2) is 83.8 Å². The lowest BCUT2D eigenvalue weighted by atomic mass is 9.79. The largest absolute Gasteiger partial charge is 0.494 e. The second-order valence-corrected chi connectivity index (χ2v) is 19.8. The van der Waals surface area contributed by atoms with Crippen molar-refractivity contribution in [3.8, 4) is 34.1 Å². The molecule has 0 spiro atoms. The van der Waals surface area contributed by atoms with Crippen molar-refractivity contribution in [1.82, 2.24) is 9.97 Å². The number of carbonyl (C=O) groups excluding carboxylic acids is 2. The number of nitrogen functional groups attached to an aromatic ring is 1. The molecule has 15 nitrogen and oxygen atoms in total. The normalized spacial score (nSPS) is 19.5. The van der Waals surface area contributed by atoms with Crippen molar-refractivity contribution in [2.75, 3.05) is 29.6 Å². The van der Waals surface area contributed by atoms with Crippen LogP contribution in [0.25, 0.3) is 22.2 Å². The molecule has 0 bridgehead atoms. The van der Waals surface area contributed by atoms with Gasteiger partial charge in [0.2, 0.25) is 12.2 Å². The van der Waals surface area contributed by atoms with Gasteiger partial charge in [0.05, 0.1) is 22.4 Å². The van der Waals surface area contributed by atoms with E-state index in [1.165, 1.54) is 0 Å². The molecule has 72 heavy (non-hydrogen) atoms. The molecule has 2 amide bonds. The number of rotatable bonds is 7. The topological polar surface area (TPSA) is 187 Å². The number of pyridine rings is 1. The molecule has 0 radical (unpaired) electrons. The minimum atomic E-state index is -0.697. The summed E-state index contributed by atoms with van der Waals surface area (Å²) >= 11 is 0. The summed E-state index contributed by atoms with van der Waals surface area (Å²) in [5.41, 5.74) is 11.3. The number of carbonyl (C=O) groups is 2. The second kappa shape index (κ2) is 20.1. The number of hydrogen-bond donors (Lipinski definition) is 4. The summed E-state index contributed by atoms with van der Waals surface area (Å²) in [6.07, 6.45) is 2.27. The molecule has 4 aliphatic heterocycles. The number of benzene rings is 5. The van der Waals surface area contributed by atoms with E-state index in [1.807, 2.05) is 183 Å². The van der Waals surface area contributed by atoms with Gasteiger partial charge in [-0.3, -0.25) is 9.59 Å². The molecule has 5 N–H and O–H groups in total. The molecular formula is C55H59B2N5O10. The predicted octanol–water partition coefficient (Wildman–Crippen LogP) is 8.34. The molecule has 7 aromatic rings. The van der Waals surface area contributed by atoms with Crippen molar-refractivity contribution < 1.29 is 47.2 Å². The Morgan fingerprint density at radius 1 is 0.556 bits per heavy atom. The molecule has 2 saturated heterocycles. The summed E-state index contributed by atoms with van der Waals surface area (Å²) < 4.78 is 46.7. The van der Waals surface area contributed by atoms with Crippen molar-refractivity contribution in [2.24, 2.45) is 0 Å². The van der Waals surface area contributed by atoms with Crippen LogP contribution in [0.15, 0.2) is 146 Å². The van der Waals surface area contributed by atoms with Crippen LogP contribution in [0.4, 0.5) is 17.1 Å². The Balaban J connectivity index is 0.000000139. The number of fused-ring (bicyclic) bond motifs is 3. The standard InChI is InChI=1S/C22H17N3O3.C21H24BNO5.C12H18BNO2/c26-22(20-13-27-18-3-1-2-4-19(18)28-20)25-15-7-5-14(6-8-15)16-9-11-23-21-17(16)10-12-24-21;1-20(2)21(3,4)28-22(27-20)14-9-11-15(12-10-14)23-19(24)18-13-25-16-7-5-6-8-17(16)26-18;1-11(2)12(3,4)16-13(15-11)9-5-7-10(14)8-6-9/h1-12,20H,13H2,(H,23,24)(H,25,26);5-12,18H,13H2,1-4H3,(H,23,24);5-8H,14H2,1-4H3. The lowest BCUT2D eigenvalue weighted by Crippen LogP contribution is -2.41. The van der Waals surface area contributed by atoms with Crippen molar-refractivity contribution in [3.63, 3.8) is 0 Å². The van der Waals surface area contributed by atoms with Gasteiger partial charge < -0.3 is 58.9 Å². The van der Waals surface area contributed by atoms with E-state index in [0.717, 1.165) is 38.8 Å². The minimum absolute atomic E-state index is 0.175. The zero-order valence-corrected chi connectivity index (χ0v) is 41.7. The number of para-hydroxylation sites is 4. The third kappa shape index (κ3) is 10.8. The Hall–Kier alpha value is -7.30. The lowest BCUT2D eigenvalue weighted by Gasteiger charge is -2.32. The molecule has 5 aromatic carbocycles. The van der Waals surface area contributed by atoms with E-state index in [9.17, 15) is 9.59 Å². The van der Waals surface area contributed by atoms with Gasteiger partial charge in [-0.1, -0.05) is 60.7 Å². The van der Waals surface area contributed by atoms with E-state index in [4.69, 9.17) is 43.3 Å². The average molecular weight is 972 g/mol. The van der Waals surface area contributed by atoms with Gasteiger partial charge >= 0.3 is 14.2 Å². The van der Waals surface area contributed by atoms with E-state index in [0.29, 0.717) is 34.4 Å². The highest BCUT2D eigenvalue weighted by Gasteiger charge is 2.52. The number of hydrogen-bond acceptors (Lipinski definition) is 12. The second-order valence-electron chi connectivity index (χ2n) is 19.8. The van der Waals surface area contributed by atoms with Crippen LogP contribution >= 0.6 is 0 Å². The quantitative estimate of drug-likeness (QED) is 0.0885. The van der Waals surface area contributed by atoms with Gasteiger partial charge in [0, 0.05) is 34.8 Å². The van der Waals surface area contributed by atoms with E-state index in [1.54, 1.807) is 18.3 Å². The van der Waals surface area contributed by atoms with Crippen molar-refractivity contribution in [2.45, 2.75) is 90.0 Å². The highest BCUT2D eigenvalue weighted by atomic mass is 16.7. The van der Waals surface area contributed by atoms with Crippen LogP contribution in [0, 0.1) is 0 Å². The summed E-state index contributed by atoms with van der Waals surface area (Å²) in [7, 11) is -0.730. The van der Waals surface area contributed by atoms with Crippen LogP contribution in [0.3, 0.4) is 0 Å². The molecule has 2 atom stereocenters. The predicted molar refractivity (Wildman–Crippen MR) is 280 cm³/mol. The zero-order chi connectivity index (χ0) is 50.8. The number of nitrogens with one attached hydrogen (secondary N) is 3. The number of aromatic amines is 1. The molecule has 11 rings (SSSR count). The fourth-order valence-corrected chi connectivity index (χ4v) is 8.02. The first-order chi connectivity index (χ1) is 34.3. The van der Waals surface area contributed by atoms with Gasteiger partial charge in [-0.05, 0) is 150 Å². The number of amides is 2. The Labute approximate surface area is 420 Å². The van der Waals surface area contributed by atoms with Gasteiger partial charge in [0.25, 0.3) is 11.8 Å². The van der Waals surface area contributed by atoms with E-state index < -0.39 is 19.3 Å². The first-order valence-electron chi connectivity index (χ1n) is 23.9. The Morgan fingerprint density at radius 3 is 1.43 bits per heavy atom. The van der Waals surface area contributed by atoms with Crippen molar-refractivity contribution in [1.29, 1.82) is 0 Å². The van der Waals surface area contributed by atoms with E-state index >= 15 is 0 Å². The molecule has 2 aromatic heterocycles. The fraction of sp³-hybridized carbons (Fsp3) is 0.291. The highest BCUT2D eigenvalue weighted by molar-refractivity contribution is 6.62. The zero-order valence-electron chi connectivity index (χ0n) is 41.7. The Morgan fingerprint density at radius 2 is 0.972 bits per heavy atom. The first kappa shape index (κ1) is 49.7. The van der Waals surface area contributed by atoms with Crippen LogP contribution in [0.5, 0.6) is 23.0 Å². The van der Waals surface area contributed by atoms with Gasteiger partial charge in [-0.2, -0.15) is 0 Å². The summed E-state index contributed by atoms with van der Waals surface area (Å²) in [4.78, 5) is 32.5. The molecule has 6 heterocycles. The summed E-state index contributed by atoms with van der Waals surface area (Å²) in [5.74, 6) is 1.97. The van der Waals surface area contributed by atoms with Crippen LogP contribution in [0.2, 0.25) is 0 Å². The van der Waals surface area contributed by atoms with Crippen molar-refractivity contribution in [3.05, 3.63) is 146 Å². The Bertz CT molecular complexity index is 3000. The molecule has 2 unspecified atom stereocenters. The first-order valence-corrected chi connectivity index (χ1v) is 23.9. The monoisotopic (exact) mass is 971 g/mol.